The summed E-state index contributed by atoms with van der Waals surface area (Å²) in [4.78, 5) is 38.1. The standard InChI is InChI=1S/C62H102O6/c1-4-7-10-13-16-19-22-25-28-30-31-32-35-37-40-43-46-49-52-55-61(64)67-58-59(57-66-60(63)54-51-48-45-42-39-36-33-27-24-21-18-15-12-9-6-3)68-62(65)56-53-50-47-44-41-38-34-29-26-23-20-17-14-11-8-5-2/h9,12,16,18-21,23,25,27-29,31-34,39,42,59H,4-8,10-11,13-15,17,22,24,26,30,35-38,40-41,43-58H2,1-3H3/b12-9-,19-16-,21-18-,23-20-,28-25-,32-31-,33-27-,34-29-,42-39-. The molecule has 68 heavy (non-hydrogen) atoms. The first-order valence-corrected chi connectivity index (χ1v) is 27.9. The second kappa shape index (κ2) is 55.7. The highest BCUT2D eigenvalue weighted by Gasteiger charge is 2.19. The number of carbonyl (C=O) groups is 3. The van der Waals surface area contributed by atoms with E-state index in [4.69, 9.17) is 14.2 Å². The van der Waals surface area contributed by atoms with Crippen LogP contribution in [0.15, 0.2) is 109 Å². The molecule has 0 aromatic heterocycles. The zero-order valence-electron chi connectivity index (χ0n) is 44.1. The number of hydrogen-bond acceptors (Lipinski definition) is 6. The summed E-state index contributed by atoms with van der Waals surface area (Å²) in [5, 5.41) is 0. The maximum atomic E-state index is 12.8. The van der Waals surface area contributed by atoms with Gasteiger partial charge in [-0.2, -0.15) is 0 Å². The number of unbranched alkanes of at least 4 members (excludes halogenated alkanes) is 20. The van der Waals surface area contributed by atoms with Gasteiger partial charge in [0.1, 0.15) is 13.2 Å². The van der Waals surface area contributed by atoms with Crippen molar-refractivity contribution in [2.75, 3.05) is 13.2 Å². The third-order valence-corrected chi connectivity index (χ3v) is 11.5. The zero-order chi connectivity index (χ0) is 49.3. The Morgan fingerprint density at radius 1 is 0.309 bits per heavy atom. The van der Waals surface area contributed by atoms with Crippen LogP contribution in [0.3, 0.4) is 0 Å². The van der Waals surface area contributed by atoms with Crippen LogP contribution >= 0.6 is 0 Å². The molecule has 0 saturated carbocycles. The molecule has 0 bridgehead atoms. The van der Waals surface area contributed by atoms with Gasteiger partial charge in [-0.15, -0.1) is 0 Å². The first-order valence-electron chi connectivity index (χ1n) is 27.9. The molecule has 6 nitrogen and oxygen atoms in total. The summed E-state index contributed by atoms with van der Waals surface area (Å²) >= 11 is 0. The average molecular weight is 943 g/mol. The molecule has 0 aliphatic carbocycles. The molecule has 386 valence electrons. The normalized spacial score (nSPS) is 12.9. The van der Waals surface area contributed by atoms with E-state index in [2.05, 4.69) is 130 Å². The number of esters is 3. The van der Waals surface area contributed by atoms with Crippen LogP contribution in [-0.2, 0) is 28.6 Å². The minimum atomic E-state index is -0.810. The summed E-state index contributed by atoms with van der Waals surface area (Å²) in [5.41, 5.74) is 0. The van der Waals surface area contributed by atoms with Crippen molar-refractivity contribution in [2.45, 2.75) is 252 Å². The minimum absolute atomic E-state index is 0.106. The fourth-order valence-corrected chi connectivity index (χ4v) is 7.29. The van der Waals surface area contributed by atoms with Gasteiger partial charge in [0.15, 0.2) is 6.10 Å². The van der Waals surface area contributed by atoms with Crippen molar-refractivity contribution < 1.29 is 28.6 Å². The van der Waals surface area contributed by atoms with E-state index in [9.17, 15) is 14.4 Å². The molecule has 0 fully saturated rings. The number of ether oxygens (including phenoxy) is 3. The number of allylic oxidation sites excluding steroid dienone is 18. The third-order valence-electron chi connectivity index (χ3n) is 11.5. The first-order chi connectivity index (χ1) is 33.5. The van der Waals surface area contributed by atoms with E-state index in [0.717, 1.165) is 135 Å². The van der Waals surface area contributed by atoms with E-state index >= 15 is 0 Å². The molecular weight excluding hydrogens is 841 g/mol. The van der Waals surface area contributed by atoms with Crippen molar-refractivity contribution in [1.82, 2.24) is 0 Å². The molecule has 0 rings (SSSR count). The Morgan fingerprint density at radius 3 is 0.956 bits per heavy atom. The Balaban J connectivity index is 4.50. The topological polar surface area (TPSA) is 78.9 Å². The second-order valence-electron chi connectivity index (χ2n) is 18.1. The van der Waals surface area contributed by atoms with E-state index in [1.165, 1.54) is 70.6 Å². The molecule has 0 amide bonds. The van der Waals surface area contributed by atoms with Crippen LogP contribution in [0.1, 0.15) is 245 Å². The van der Waals surface area contributed by atoms with Gasteiger partial charge in [-0.3, -0.25) is 14.4 Å². The smallest absolute Gasteiger partial charge is 0.306 e. The lowest BCUT2D eigenvalue weighted by atomic mass is 10.1. The SMILES string of the molecule is CC/C=C\C/C=C\C/C=C\C/C=C\CCCCC(=O)OCC(COC(=O)CCCCCCCC/C=C\C/C=C\C/C=C\CCCCC)OC(=O)CCCCCCC/C=C\C/C=C\CCCCCC. The molecule has 0 aromatic rings. The monoisotopic (exact) mass is 943 g/mol. The van der Waals surface area contributed by atoms with Gasteiger partial charge >= 0.3 is 17.9 Å². The average Bonchev–Trinajstić information content (AvgIpc) is 3.34. The van der Waals surface area contributed by atoms with Gasteiger partial charge in [0.05, 0.1) is 0 Å². The van der Waals surface area contributed by atoms with Crippen LogP contribution < -0.4 is 0 Å². The highest BCUT2D eigenvalue weighted by atomic mass is 16.6. The molecule has 0 spiro atoms. The number of carbonyl (C=O) groups excluding carboxylic acids is 3. The van der Waals surface area contributed by atoms with Crippen LogP contribution in [0.25, 0.3) is 0 Å². The Morgan fingerprint density at radius 2 is 0.574 bits per heavy atom. The Bertz CT molecular complexity index is 1410. The van der Waals surface area contributed by atoms with Gasteiger partial charge < -0.3 is 14.2 Å². The summed E-state index contributed by atoms with van der Waals surface area (Å²) < 4.78 is 16.8. The Hall–Kier alpha value is -3.93. The maximum Gasteiger partial charge on any atom is 0.306 e. The van der Waals surface area contributed by atoms with Crippen LogP contribution in [-0.4, -0.2) is 37.2 Å². The van der Waals surface area contributed by atoms with Gasteiger partial charge in [0.25, 0.3) is 0 Å². The summed E-state index contributed by atoms with van der Waals surface area (Å²) in [5.74, 6) is -0.976. The van der Waals surface area contributed by atoms with Crippen LogP contribution in [0.2, 0.25) is 0 Å². The molecule has 0 aromatic carbocycles. The summed E-state index contributed by atoms with van der Waals surface area (Å²) in [6, 6.07) is 0. The van der Waals surface area contributed by atoms with Crippen molar-refractivity contribution in [1.29, 1.82) is 0 Å². The van der Waals surface area contributed by atoms with Crippen molar-refractivity contribution in [3.05, 3.63) is 109 Å². The lowest BCUT2D eigenvalue weighted by Crippen LogP contribution is -2.30. The van der Waals surface area contributed by atoms with Crippen LogP contribution in [0.4, 0.5) is 0 Å². The Kier molecular flexibility index (Phi) is 52.4. The van der Waals surface area contributed by atoms with E-state index in [1.54, 1.807) is 0 Å². The highest BCUT2D eigenvalue weighted by molar-refractivity contribution is 5.71. The highest BCUT2D eigenvalue weighted by Crippen LogP contribution is 2.13. The van der Waals surface area contributed by atoms with Crippen molar-refractivity contribution in [3.63, 3.8) is 0 Å². The van der Waals surface area contributed by atoms with Crippen LogP contribution in [0.5, 0.6) is 0 Å². The van der Waals surface area contributed by atoms with Crippen molar-refractivity contribution in [3.8, 4) is 0 Å². The second-order valence-corrected chi connectivity index (χ2v) is 18.1. The molecular formula is C62H102O6. The van der Waals surface area contributed by atoms with E-state index in [1.807, 2.05) is 0 Å². The molecule has 1 atom stereocenters. The van der Waals surface area contributed by atoms with Gasteiger partial charge in [-0.05, 0) is 128 Å². The molecule has 0 heterocycles. The van der Waals surface area contributed by atoms with Gasteiger partial charge in [-0.25, -0.2) is 0 Å². The number of hydrogen-bond donors (Lipinski definition) is 0. The van der Waals surface area contributed by atoms with Gasteiger partial charge in [0, 0.05) is 19.3 Å². The summed E-state index contributed by atoms with van der Waals surface area (Å²) in [7, 11) is 0. The quantitative estimate of drug-likeness (QED) is 0.0262. The predicted molar refractivity (Wildman–Crippen MR) is 293 cm³/mol. The first kappa shape index (κ1) is 64.1. The number of rotatable bonds is 49. The van der Waals surface area contributed by atoms with Crippen molar-refractivity contribution >= 4 is 17.9 Å². The zero-order valence-corrected chi connectivity index (χ0v) is 44.1. The molecule has 6 heteroatoms. The lowest BCUT2D eigenvalue weighted by Gasteiger charge is -2.18. The minimum Gasteiger partial charge on any atom is -0.462 e. The van der Waals surface area contributed by atoms with E-state index in [0.29, 0.717) is 19.3 Å². The molecule has 0 aliphatic rings. The van der Waals surface area contributed by atoms with E-state index < -0.39 is 6.10 Å². The van der Waals surface area contributed by atoms with Crippen LogP contribution in [0, 0.1) is 0 Å². The molecule has 0 saturated heterocycles. The summed E-state index contributed by atoms with van der Waals surface area (Å²) in [6.07, 6.45) is 75.0. The van der Waals surface area contributed by atoms with Crippen molar-refractivity contribution in [2.24, 2.45) is 0 Å². The molecule has 0 radical (unpaired) electrons. The molecule has 0 N–H and O–H groups in total. The summed E-state index contributed by atoms with van der Waals surface area (Å²) in [6.45, 7) is 6.42. The maximum absolute atomic E-state index is 12.8. The third kappa shape index (κ3) is 53.0. The van der Waals surface area contributed by atoms with Gasteiger partial charge in [0.2, 0.25) is 0 Å². The predicted octanol–water partition coefficient (Wildman–Crippen LogP) is 18.7. The lowest BCUT2D eigenvalue weighted by molar-refractivity contribution is -0.167. The fraction of sp³-hybridized carbons (Fsp3) is 0.661. The Labute approximate surface area is 419 Å². The largest absolute Gasteiger partial charge is 0.462 e. The molecule has 1 unspecified atom stereocenters. The fourth-order valence-electron chi connectivity index (χ4n) is 7.29. The van der Waals surface area contributed by atoms with Gasteiger partial charge in [-0.1, -0.05) is 207 Å². The molecule has 0 aliphatic heterocycles. The van der Waals surface area contributed by atoms with E-state index in [-0.39, 0.29) is 31.1 Å².